The van der Waals surface area contributed by atoms with Crippen LogP contribution in [0.3, 0.4) is 0 Å². The fraction of sp³-hybridized carbons (Fsp3) is 0.923. The summed E-state index contributed by atoms with van der Waals surface area (Å²) < 4.78 is 0. The Morgan fingerprint density at radius 1 is 1.12 bits per heavy atom. The summed E-state index contributed by atoms with van der Waals surface area (Å²) in [4.78, 5) is 13.9. The first kappa shape index (κ1) is 12.7. The molecular weight excluding hydrogens is 214 g/mol. The van der Waals surface area contributed by atoms with Crippen LogP contribution in [0.15, 0.2) is 0 Å². The number of nitrogens with one attached hydrogen (secondary N) is 1. The zero-order valence-electron chi connectivity index (χ0n) is 10.7. The van der Waals surface area contributed by atoms with E-state index in [0.29, 0.717) is 11.8 Å². The van der Waals surface area contributed by atoms with E-state index < -0.39 is 0 Å². The van der Waals surface area contributed by atoms with Crippen LogP contribution in [0.2, 0.25) is 0 Å². The van der Waals surface area contributed by atoms with Gasteiger partial charge in [-0.2, -0.15) is 0 Å². The predicted octanol–water partition coefficient (Wildman–Crippen LogP) is 1.56. The molecule has 2 unspecified atom stereocenters. The molecule has 1 saturated heterocycles. The summed E-state index contributed by atoms with van der Waals surface area (Å²) in [6.07, 6.45) is 7.31. The zero-order chi connectivity index (χ0) is 12.1. The van der Waals surface area contributed by atoms with Crippen molar-refractivity contribution in [3.05, 3.63) is 0 Å². The van der Waals surface area contributed by atoms with Gasteiger partial charge in [0, 0.05) is 19.6 Å². The summed E-state index contributed by atoms with van der Waals surface area (Å²) in [6, 6.07) is 0.132. The maximum atomic E-state index is 11.9. The molecule has 0 aromatic heterocycles. The Balaban J connectivity index is 1.71. The van der Waals surface area contributed by atoms with Gasteiger partial charge < -0.3 is 16.0 Å². The van der Waals surface area contributed by atoms with Gasteiger partial charge in [-0.1, -0.05) is 6.42 Å². The molecule has 17 heavy (non-hydrogen) atoms. The number of nitrogens with zero attached hydrogens (tertiary/aromatic N) is 1. The molecule has 1 aliphatic heterocycles. The Hall–Kier alpha value is -0.770. The topological polar surface area (TPSA) is 58.4 Å². The first-order valence-corrected chi connectivity index (χ1v) is 7.04. The molecule has 2 amide bonds. The maximum absolute atomic E-state index is 11.9. The minimum absolute atomic E-state index is 0.132. The molecule has 2 atom stereocenters. The van der Waals surface area contributed by atoms with Crippen molar-refractivity contribution in [3.8, 4) is 0 Å². The largest absolute Gasteiger partial charge is 0.338 e. The molecule has 2 fully saturated rings. The van der Waals surface area contributed by atoms with Gasteiger partial charge in [0.1, 0.15) is 0 Å². The Morgan fingerprint density at radius 3 is 2.53 bits per heavy atom. The first-order chi connectivity index (χ1) is 8.31. The summed E-state index contributed by atoms with van der Waals surface area (Å²) in [6.45, 7) is 3.44. The monoisotopic (exact) mass is 239 g/mol. The second-order valence-electron chi connectivity index (χ2n) is 5.42. The summed E-state index contributed by atoms with van der Waals surface area (Å²) in [5.74, 6) is 1.23. The number of piperidine rings is 1. The van der Waals surface area contributed by atoms with Crippen LogP contribution < -0.4 is 11.1 Å². The van der Waals surface area contributed by atoms with Crippen LogP contribution in [0, 0.1) is 11.8 Å². The van der Waals surface area contributed by atoms with Crippen molar-refractivity contribution < 1.29 is 4.79 Å². The van der Waals surface area contributed by atoms with E-state index in [1.807, 2.05) is 4.90 Å². The summed E-state index contributed by atoms with van der Waals surface area (Å²) in [7, 11) is 0. The predicted molar refractivity (Wildman–Crippen MR) is 68.7 cm³/mol. The third kappa shape index (κ3) is 3.35. The lowest BCUT2D eigenvalue weighted by molar-refractivity contribution is 0.183. The van der Waals surface area contributed by atoms with Gasteiger partial charge >= 0.3 is 6.03 Å². The lowest BCUT2D eigenvalue weighted by Crippen LogP contribution is -2.44. The number of carbonyl (C=O) groups is 1. The van der Waals surface area contributed by atoms with Crippen LogP contribution in [0.1, 0.15) is 38.5 Å². The highest BCUT2D eigenvalue weighted by atomic mass is 16.2. The van der Waals surface area contributed by atoms with E-state index in [2.05, 4.69) is 5.32 Å². The molecule has 4 heteroatoms. The number of amides is 2. The Kier molecular flexibility index (Phi) is 4.66. The van der Waals surface area contributed by atoms with Gasteiger partial charge in [0.15, 0.2) is 0 Å². The Bertz CT molecular complexity index is 251. The number of hydrogen-bond donors (Lipinski definition) is 2. The number of urea groups is 1. The van der Waals surface area contributed by atoms with Crippen LogP contribution in [0.5, 0.6) is 0 Å². The van der Waals surface area contributed by atoms with Crippen LogP contribution >= 0.6 is 0 Å². The van der Waals surface area contributed by atoms with Crippen LogP contribution in [-0.2, 0) is 0 Å². The molecular formula is C13H25N3O. The first-order valence-electron chi connectivity index (χ1n) is 7.04. The zero-order valence-corrected chi connectivity index (χ0v) is 10.7. The number of hydrogen-bond acceptors (Lipinski definition) is 2. The highest BCUT2D eigenvalue weighted by molar-refractivity contribution is 5.74. The second kappa shape index (κ2) is 6.24. The van der Waals surface area contributed by atoms with Gasteiger partial charge in [-0.15, -0.1) is 0 Å². The van der Waals surface area contributed by atoms with Crippen molar-refractivity contribution in [2.75, 3.05) is 26.2 Å². The van der Waals surface area contributed by atoms with E-state index >= 15 is 0 Å². The second-order valence-corrected chi connectivity index (χ2v) is 5.42. The quantitative estimate of drug-likeness (QED) is 0.785. The Labute approximate surface area is 104 Å². The van der Waals surface area contributed by atoms with Gasteiger partial charge in [-0.05, 0) is 50.5 Å². The number of carbonyl (C=O) groups excluding carboxylic acids is 1. The van der Waals surface area contributed by atoms with E-state index in [1.165, 1.54) is 25.7 Å². The maximum Gasteiger partial charge on any atom is 0.317 e. The number of nitrogens with two attached hydrogens (primary N) is 1. The van der Waals surface area contributed by atoms with Crippen LogP contribution in [-0.4, -0.2) is 37.1 Å². The van der Waals surface area contributed by atoms with E-state index in [9.17, 15) is 4.79 Å². The number of rotatable bonds is 3. The SMILES string of the molecule is NCC1CCCC1CNC(=O)N1CCCCC1. The van der Waals surface area contributed by atoms with Crippen molar-refractivity contribution >= 4 is 6.03 Å². The molecule has 98 valence electrons. The third-order valence-electron chi connectivity index (χ3n) is 4.28. The normalized spacial score (nSPS) is 29.4. The van der Waals surface area contributed by atoms with Crippen LogP contribution in [0.25, 0.3) is 0 Å². The lowest BCUT2D eigenvalue weighted by Gasteiger charge is -2.28. The van der Waals surface area contributed by atoms with E-state index in [4.69, 9.17) is 5.73 Å². The molecule has 2 aliphatic rings. The van der Waals surface area contributed by atoms with Gasteiger partial charge in [0.25, 0.3) is 0 Å². The number of likely N-dealkylation sites (tertiary alicyclic amines) is 1. The molecule has 0 aromatic rings. The molecule has 0 spiro atoms. The molecule has 1 aliphatic carbocycles. The molecule has 3 N–H and O–H groups in total. The average molecular weight is 239 g/mol. The third-order valence-corrected chi connectivity index (χ3v) is 4.28. The molecule has 4 nitrogen and oxygen atoms in total. The standard InChI is InChI=1S/C13H25N3O/c14-9-11-5-4-6-12(11)10-15-13(17)16-7-2-1-3-8-16/h11-12H,1-10,14H2,(H,15,17). The van der Waals surface area contributed by atoms with Gasteiger partial charge in [-0.3, -0.25) is 0 Å². The van der Waals surface area contributed by atoms with Gasteiger partial charge in [0.05, 0.1) is 0 Å². The van der Waals surface area contributed by atoms with E-state index in [0.717, 1.165) is 39.0 Å². The Morgan fingerprint density at radius 2 is 1.82 bits per heavy atom. The molecule has 2 rings (SSSR count). The van der Waals surface area contributed by atoms with Crippen molar-refractivity contribution in [1.82, 2.24) is 10.2 Å². The molecule has 1 heterocycles. The molecule has 1 saturated carbocycles. The van der Waals surface area contributed by atoms with E-state index in [-0.39, 0.29) is 6.03 Å². The fourth-order valence-electron chi connectivity index (χ4n) is 3.12. The minimum Gasteiger partial charge on any atom is -0.338 e. The van der Waals surface area contributed by atoms with Crippen LogP contribution in [0.4, 0.5) is 4.79 Å². The highest BCUT2D eigenvalue weighted by Crippen LogP contribution is 2.30. The van der Waals surface area contributed by atoms with Crippen molar-refractivity contribution in [2.24, 2.45) is 17.6 Å². The van der Waals surface area contributed by atoms with Gasteiger partial charge in [0.2, 0.25) is 0 Å². The molecule has 0 bridgehead atoms. The lowest BCUT2D eigenvalue weighted by atomic mass is 9.96. The van der Waals surface area contributed by atoms with E-state index in [1.54, 1.807) is 0 Å². The summed E-state index contributed by atoms with van der Waals surface area (Å²) in [5.41, 5.74) is 5.75. The highest BCUT2D eigenvalue weighted by Gasteiger charge is 2.27. The summed E-state index contributed by atoms with van der Waals surface area (Å²) in [5, 5.41) is 3.09. The molecule has 0 radical (unpaired) electrons. The summed E-state index contributed by atoms with van der Waals surface area (Å²) >= 11 is 0. The molecule has 0 aromatic carbocycles. The average Bonchev–Trinajstić information content (AvgIpc) is 2.84. The van der Waals surface area contributed by atoms with Crippen molar-refractivity contribution in [1.29, 1.82) is 0 Å². The van der Waals surface area contributed by atoms with Crippen molar-refractivity contribution in [2.45, 2.75) is 38.5 Å². The smallest absolute Gasteiger partial charge is 0.317 e. The van der Waals surface area contributed by atoms with Gasteiger partial charge in [-0.25, -0.2) is 4.79 Å². The minimum atomic E-state index is 0.132. The fourth-order valence-corrected chi connectivity index (χ4v) is 3.12. The van der Waals surface area contributed by atoms with Crippen molar-refractivity contribution in [3.63, 3.8) is 0 Å².